The smallest absolute Gasteiger partial charge is 0.326 e. The fourth-order valence-electron chi connectivity index (χ4n) is 2.63. The van der Waals surface area contributed by atoms with E-state index in [-0.39, 0.29) is 36.7 Å². The SMILES string of the molecule is O=C(NC(CCO)C(=O)O)C1CCN(C(=O)C2CC2)CC1. The molecule has 1 saturated heterocycles. The Kier molecular flexibility index (Phi) is 5.17. The van der Waals surface area contributed by atoms with Gasteiger partial charge in [-0.2, -0.15) is 0 Å². The van der Waals surface area contributed by atoms with Crippen LogP contribution in [0, 0.1) is 11.8 Å². The van der Waals surface area contributed by atoms with Gasteiger partial charge in [-0.15, -0.1) is 0 Å². The first-order chi connectivity index (χ1) is 10.0. The van der Waals surface area contributed by atoms with Gasteiger partial charge in [0.25, 0.3) is 0 Å². The van der Waals surface area contributed by atoms with E-state index in [1.54, 1.807) is 0 Å². The summed E-state index contributed by atoms with van der Waals surface area (Å²) in [6.07, 6.45) is 3.08. The third-order valence-electron chi connectivity index (χ3n) is 4.14. The molecule has 0 radical (unpaired) electrons. The second-order valence-corrected chi connectivity index (χ2v) is 5.79. The predicted octanol–water partition coefficient (Wildman–Crippen LogP) is -0.413. The van der Waals surface area contributed by atoms with Crippen LogP contribution in [0.25, 0.3) is 0 Å². The lowest BCUT2D eigenvalue weighted by Crippen LogP contribution is -2.48. The van der Waals surface area contributed by atoms with Crippen molar-refractivity contribution in [1.29, 1.82) is 0 Å². The molecule has 3 N–H and O–H groups in total. The van der Waals surface area contributed by atoms with Crippen molar-refractivity contribution in [2.24, 2.45) is 11.8 Å². The molecular formula is C14H22N2O5. The van der Waals surface area contributed by atoms with E-state index in [2.05, 4.69) is 5.32 Å². The van der Waals surface area contributed by atoms with E-state index >= 15 is 0 Å². The van der Waals surface area contributed by atoms with Crippen LogP contribution in [0.2, 0.25) is 0 Å². The van der Waals surface area contributed by atoms with Crippen LogP contribution in [0.5, 0.6) is 0 Å². The van der Waals surface area contributed by atoms with E-state index in [9.17, 15) is 14.4 Å². The van der Waals surface area contributed by atoms with Crippen LogP contribution in [0.15, 0.2) is 0 Å². The van der Waals surface area contributed by atoms with Gasteiger partial charge in [0.1, 0.15) is 6.04 Å². The molecule has 0 spiro atoms. The van der Waals surface area contributed by atoms with Crippen LogP contribution < -0.4 is 5.32 Å². The number of nitrogens with zero attached hydrogens (tertiary/aromatic N) is 1. The zero-order chi connectivity index (χ0) is 15.4. The van der Waals surface area contributed by atoms with Gasteiger partial charge in [0.05, 0.1) is 0 Å². The molecule has 2 fully saturated rings. The number of rotatable bonds is 6. The lowest BCUT2D eigenvalue weighted by molar-refractivity contribution is -0.143. The largest absolute Gasteiger partial charge is 0.480 e. The summed E-state index contributed by atoms with van der Waals surface area (Å²) in [5, 5.41) is 20.2. The number of aliphatic hydroxyl groups excluding tert-OH is 1. The van der Waals surface area contributed by atoms with E-state index in [0.29, 0.717) is 25.9 Å². The summed E-state index contributed by atoms with van der Waals surface area (Å²) >= 11 is 0. The van der Waals surface area contributed by atoms with E-state index in [1.165, 1.54) is 0 Å². The number of aliphatic carboxylic acids is 1. The van der Waals surface area contributed by atoms with E-state index in [0.717, 1.165) is 12.8 Å². The maximum absolute atomic E-state index is 12.1. The molecule has 21 heavy (non-hydrogen) atoms. The van der Waals surface area contributed by atoms with Crippen molar-refractivity contribution in [2.45, 2.75) is 38.1 Å². The molecule has 7 nitrogen and oxygen atoms in total. The topological polar surface area (TPSA) is 107 Å². The Morgan fingerprint density at radius 3 is 2.19 bits per heavy atom. The Bertz CT molecular complexity index is 414. The van der Waals surface area contributed by atoms with Crippen LogP contribution in [0.1, 0.15) is 32.1 Å². The van der Waals surface area contributed by atoms with Gasteiger partial charge in [-0.3, -0.25) is 9.59 Å². The van der Waals surface area contributed by atoms with Crippen molar-refractivity contribution >= 4 is 17.8 Å². The van der Waals surface area contributed by atoms with Crippen LogP contribution in [-0.4, -0.2) is 58.6 Å². The molecule has 1 atom stereocenters. The molecule has 0 aromatic carbocycles. The minimum Gasteiger partial charge on any atom is -0.480 e. The van der Waals surface area contributed by atoms with E-state index in [4.69, 9.17) is 10.2 Å². The van der Waals surface area contributed by atoms with Crippen LogP contribution in [-0.2, 0) is 14.4 Å². The molecule has 1 saturated carbocycles. The number of carboxylic acids is 1. The first kappa shape index (κ1) is 15.8. The van der Waals surface area contributed by atoms with Gasteiger partial charge in [0.2, 0.25) is 11.8 Å². The van der Waals surface area contributed by atoms with Crippen LogP contribution >= 0.6 is 0 Å². The number of hydrogen-bond acceptors (Lipinski definition) is 4. The predicted molar refractivity (Wildman–Crippen MR) is 73.3 cm³/mol. The molecular weight excluding hydrogens is 276 g/mol. The lowest BCUT2D eigenvalue weighted by atomic mass is 9.95. The number of aliphatic hydroxyl groups is 1. The highest BCUT2D eigenvalue weighted by molar-refractivity contribution is 5.85. The van der Waals surface area contributed by atoms with E-state index in [1.807, 2.05) is 4.90 Å². The summed E-state index contributed by atoms with van der Waals surface area (Å²) in [6, 6.07) is -1.05. The molecule has 1 unspecified atom stereocenters. The highest BCUT2D eigenvalue weighted by Gasteiger charge is 2.36. The van der Waals surface area contributed by atoms with Gasteiger partial charge < -0.3 is 20.4 Å². The second-order valence-electron chi connectivity index (χ2n) is 5.79. The van der Waals surface area contributed by atoms with Gasteiger partial charge in [-0.1, -0.05) is 0 Å². The molecule has 2 aliphatic rings. The minimum atomic E-state index is -1.14. The summed E-state index contributed by atoms with van der Waals surface area (Å²) in [5.74, 6) is -1.31. The van der Waals surface area contributed by atoms with Gasteiger partial charge in [0, 0.05) is 38.0 Å². The Balaban J connectivity index is 1.79. The molecule has 2 amide bonds. The fraction of sp³-hybridized carbons (Fsp3) is 0.786. The van der Waals surface area contributed by atoms with Crippen molar-refractivity contribution in [3.63, 3.8) is 0 Å². The van der Waals surface area contributed by atoms with Crippen molar-refractivity contribution < 1.29 is 24.6 Å². The van der Waals surface area contributed by atoms with Crippen molar-refractivity contribution in [1.82, 2.24) is 10.2 Å². The average Bonchev–Trinajstić information content (AvgIpc) is 3.30. The molecule has 0 aromatic heterocycles. The number of nitrogens with one attached hydrogen (secondary N) is 1. The van der Waals surface area contributed by atoms with Crippen molar-refractivity contribution in [3.8, 4) is 0 Å². The van der Waals surface area contributed by atoms with Gasteiger partial charge in [-0.25, -0.2) is 4.79 Å². The average molecular weight is 298 g/mol. The standard InChI is InChI=1S/C14H22N2O5/c17-8-5-11(14(20)21)15-12(18)9-3-6-16(7-4-9)13(19)10-1-2-10/h9-11,17H,1-8H2,(H,15,18)(H,20,21). The highest BCUT2D eigenvalue weighted by atomic mass is 16.4. The number of amides is 2. The summed E-state index contributed by atoms with van der Waals surface area (Å²) in [5.41, 5.74) is 0. The zero-order valence-corrected chi connectivity index (χ0v) is 12.0. The summed E-state index contributed by atoms with van der Waals surface area (Å²) in [4.78, 5) is 36.7. The number of carboxylic acid groups (broad SMARTS) is 1. The number of likely N-dealkylation sites (tertiary alicyclic amines) is 1. The number of carbonyl (C=O) groups excluding carboxylic acids is 2. The summed E-state index contributed by atoms with van der Waals surface area (Å²) in [7, 11) is 0. The Hall–Kier alpha value is -1.63. The third-order valence-corrected chi connectivity index (χ3v) is 4.14. The lowest BCUT2D eigenvalue weighted by Gasteiger charge is -2.32. The molecule has 1 heterocycles. The normalized spacial score (nSPS) is 20.9. The van der Waals surface area contributed by atoms with Crippen molar-refractivity contribution in [2.75, 3.05) is 19.7 Å². The molecule has 118 valence electrons. The van der Waals surface area contributed by atoms with Gasteiger partial charge >= 0.3 is 5.97 Å². The summed E-state index contributed by atoms with van der Waals surface area (Å²) in [6.45, 7) is 0.835. The van der Waals surface area contributed by atoms with Crippen LogP contribution in [0.3, 0.4) is 0 Å². The quantitative estimate of drug-likeness (QED) is 0.618. The maximum atomic E-state index is 12.1. The first-order valence-electron chi connectivity index (χ1n) is 7.45. The Labute approximate surface area is 123 Å². The Morgan fingerprint density at radius 2 is 1.71 bits per heavy atom. The Morgan fingerprint density at radius 1 is 1.10 bits per heavy atom. The zero-order valence-electron chi connectivity index (χ0n) is 12.0. The number of carbonyl (C=O) groups is 3. The number of piperidine rings is 1. The molecule has 0 bridgehead atoms. The second kappa shape index (κ2) is 6.89. The highest BCUT2D eigenvalue weighted by Crippen LogP contribution is 2.32. The van der Waals surface area contributed by atoms with Crippen LogP contribution in [0.4, 0.5) is 0 Å². The molecule has 1 aliphatic carbocycles. The third kappa shape index (κ3) is 4.17. The fourth-order valence-corrected chi connectivity index (χ4v) is 2.63. The number of hydrogen-bond donors (Lipinski definition) is 3. The molecule has 2 rings (SSSR count). The van der Waals surface area contributed by atoms with E-state index < -0.39 is 12.0 Å². The minimum absolute atomic E-state index is 0.0000836. The van der Waals surface area contributed by atoms with Gasteiger partial charge in [-0.05, 0) is 25.7 Å². The maximum Gasteiger partial charge on any atom is 0.326 e. The molecule has 7 heteroatoms. The molecule has 1 aliphatic heterocycles. The monoisotopic (exact) mass is 298 g/mol. The summed E-state index contributed by atoms with van der Waals surface area (Å²) < 4.78 is 0. The molecule has 0 aromatic rings. The van der Waals surface area contributed by atoms with Gasteiger partial charge in [0.15, 0.2) is 0 Å². The van der Waals surface area contributed by atoms with Crippen molar-refractivity contribution in [3.05, 3.63) is 0 Å². The first-order valence-corrected chi connectivity index (χ1v) is 7.45.